The van der Waals surface area contributed by atoms with Crippen molar-refractivity contribution >= 4 is 11.5 Å². The summed E-state index contributed by atoms with van der Waals surface area (Å²) in [5.41, 5.74) is 6.79. The summed E-state index contributed by atoms with van der Waals surface area (Å²) in [4.78, 5) is 6.13. The van der Waals surface area contributed by atoms with Crippen LogP contribution in [-0.2, 0) is 4.74 Å². The zero-order chi connectivity index (χ0) is 13.0. The first-order chi connectivity index (χ1) is 8.72. The van der Waals surface area contributed by atoms with Crippen molar-refractivity contribution in [3.8, 4) is 6.07 Å². The molecule has 1 aliphatic carbocycles. The lowest BCUT2D eigenvalue weighted by molar-refractivity contribution is 0.131. The summed E-state index contributed by atoms with van der Waals surface area (Å²) in [7, 11) is 1.90. The third-order valence-corrected chi connectivity index (χ3v) is 3.07. The highest BCUT2D eigenvalue weighted by molar-refractivity contribution is 5.69. The lowest BCUT2D eigenvalue weighted by Gasteiger charge is -2.20. The first kappa shape index (κ1) is 12.7. The van der Waals surface area contributed by atoms with Gasteiger partial charge in [0.05, 0.1) is 17.9 Å². The van der Waals surface area contributed by atoms with Crippen LogP contribution in [0.1, 0.15) is 18.4 Å². The molecule has 1 aromatic rings. The fourth-order valence-corrected chi connectivity index (χ4v) is 1.71. The summed E-state index contributed by atoms with van der Waals surface area (Å²) in [6, 6.07) is 3.68. The Bertz CT molecular complexity index is 451. The van der Waals surface area contributed by atoms with Crippen molar-refractivity contribution in [2.45, 2.75) is 12.8 Å². The number of hydrogen-bond donors (Lipinski definition) is 1. The highest BCUT2D eigenvalue weighted by Gasteiger charge is 2.21. The van der Waals surface area contributed by atoms with E-state index in [4.69, 9.17) is 15.7 Å². The number of likely N-dealkylation sites (N-methyl/N-ethyl adjacent to an activating group) is 1. The van der Waals surface area contributed by atoms with Gasteiger partial charge in [0.25, 0.3) is 0 Å². The number of ether oxygens (including phenoxy) is 1. The van der Waals surface area contributed by atoms with Crippen LogP contribution in [0.4, 0.5) is 11.5 Å². The van der Waals surface area contributed by atoms with Crippen LogP contribution in [0.3, 0.4) is 0 Å². The van der Waals surface area contributed by atoms with E-state index in [1.54, 1.807) is 12.3 Å². The second-order valence-electron chi connectivity index (χ2n) is 4.65. The molecule has 96 valence electrons. The van der Waals surface area contributed by atoms with Gasteiger partial charge >= 0.3 is 0 Å². The van der Waals surface area contributed by atoms with Crippen LogP contribution in [0.25, 0.3) is 0 Å². The van der Waals surface area contributed by atoms with Crippen LogP contribution in [0.15, 0.2) is 12.3 Å². The van der Waals surface area contributed by atoms with E-state index in [-0.39, 0.29) is 0 Å². The Morgan fingerprint density at radius 3 is 3.06 bits per heavy atom. The molecule has 1 aromatic heterocycles. The number of nitriles is 1. The molecule has 0 unspecified atom stereocenters. The van der Waals surface area contributed by atoms with Crippen LogP contribution in [0, 0.1) is 17.2 Å². The van der Waals surface area contributed by atoms with Crippen LogP contribution < -0.4 is 10.6 Å². The van der Waals surface area contributed by atoms with E-state index in [2.05, 4.69) is 11.1 Å². The van der Waals surface area contributed by atoms with Gasteiger partial charge in [-0.25, -0.2) is 4.98 Å². The molecule has 0 atom stereocenters. The summed E-state index contributed by atoms with van der Waals surface area (Å²) in [6.45, 7) is 2.23. The quantitative estimate of drug-likeness (QED) is 0.768. The molecule has 1 heterocycles. The van der Waals surface area contributed by atoms with Crippen LogP contribution >= 0.6 is 0 Å². The minimum absolute atomic E-state index is 0.435. The van der Waals surface area contributed by atoms with Gasteiger partial charge in [-0.05, 0) is 24.8 Å². The predicted molar refractivity (Wildman–Crippen MR) is 70.2 cm³/mol. The molecule has 0 bridgehead atoms. The van der Waals surface area contributed by atoms with Crippen LogP contribution in [0.5, 0.6) is 0 Å². The molecule has 18 heavy (non-hydrogen) atoms. The van der Waals surface area contributed by atoms with Crippen molar-refractivity contribution < 1.29 is 4.74 Å². The third kappa shape index (κ3) is 3.11. The van der Waals surface area contributed by atoms with Crippen LogP contribution in [0.2, 0.25) is 0 Å². The molecule has 1 aliphatic rings. The largest absolute Gasteiger partial charge is 0.395 e. The maximum absolute atomic E-state index is 8.91. The van der Waals surface area contributed by atoms with E-state index in [1.807, 2.05) is 11.9 Å². The molecule has 5 heteroatoms. The van der Waals surface area contributed by atoms with Gasteiger partial charge < -0.3 is 15.4 Å². The van der Waals surface area contributed by atoms with Crippen molar-refractivity contribution in [1.82, 2.24) is 4.98 Å². The van der Waals surface area contributed by atoms with Crippen molar-refractivity contribution in [1.29, 1.82) is 5.26 Å². The maximum Gasteiger partial charge on any atom is 0.152 e. The molecule has 0 amide bonds. The number of aromatic nitrogens is 1. The van der Waals surface area contributed by atoms with E-state index in [0.29, 0.717) is 23.7 Å². The summed E-state index contributed by atoms with van der Waals surface area (Å²) in [5, 5.41) is 8.91. The van der Waals surface area contributed by atoms with Gasteiger partial charge in [0.1, 0.15) is 6.07 Å². The summed E-state index contributed by atoms with van der Waals surface area (Å²) >= 11 is 0. The molecule has 0 saturated heterocycles. The molecule has 2 N–H and O–H groups in total. The molecule has 0 spiro atoms. The maximum atomic E-state index is 8.91. The molecule has 0 aromatic carbocycles. The van der Waals surface area contributed by atoms with Gasteiger partial charge in [0, 0.05) is 26.4 Å². The van der Waals surface area contributed by atoms with Crippen molar-refractivity contribution in [3.05, 3.63) is 17.8 Å². The third-order valence-electron chi connectivity index (χ3n) is 3.07. The predicted octanol–water partition coefficient (Wildman–Crippen LogP) is 1.40. The number of pyridine rings is 1. The number of nitrogens with zero attached hydrogens (tertiary/aromatic N) is 3. The Labute approximate surface area is 107 Å². The Hall–Kier alpha value is -1.80. The van der Waals surface area contributed by atoms with Crippen molar-refractivity contribution in [2.24, 2.45) is 5.92 Å². The average molecular weight is 246 g/mol. The van der Waals surface area contributed by atoms with Crippen molar-refractivity contribution in [3.63, 3.8) is 0 Å². The Balaban J connectivity index is 1.87. The topological polar surface area (TPSA) is 75.2 Å². The van der Waals surface area contributed by atoms with Crippen molar-refractivity contribution in [2.75, 3.05) is 37.4 Å². The second-order valence-corrected chi connectivity index (χ2v) is 4.65. The lowest BCUT2D eigenvalue weighted by atomic mass is 10.2. The number of nitrogen functional groups attached to an aromatic ring is 1. The summed E-state index contributed by atoms with van der Waals surface area (Å²) < 4.78 is 5.57. The zero-order valence-corrected chi connectivity index (χ0v) is 10.6. The SMILES string of the molecule is CN(CCOCC1CC1)c1nccc(C#N)c1N. The Kier molecular flexibility index (Phi) is 4.00. The number of anilines is 2. The minimum Gasteiger partial charge on any atom is -0.395 e. The van der Waals surface area contributed by atoms with E-state index >= 15 is 0 Å². The van der Waals surface area contributed by atoms with Gasteiger partial charge in [-0.2, -0.15) is 5.26 Å². The number of hydrogen-bond acceptors (Lipinski definition) is 5. The molecule has 0 radical (unpaired) electrons. The van der Waals surface area contributed by atoms with Gasteiger partial charge in [0.15, 0.2) is 5.82 Å². The molecule has 5 nitrogen and oxygen atoms in total. The fraction of sp³-hybridized carbons (Fsp3) is 0.538. The highest BCUT2D eigenvalue weighted by atomic mass is 16.5. The zero-order valence-electron chi connectivity index (χ0n) is 10.6. The molecule has 1 fully saturated rings. The highest BCUT2D eigenvalue weighted by Crippen LogP contribution is 2.28. The van der Waals surface area contributed by atoms with E-state index in [9.17, 15) is 0 Å². The van der Waals surface area contributed by atoms with E-state index in [0.717, 1.165) is 19.1 Å². The van der Waals surface area contributed by atoms with Crippen LogP contribution in [-0.4, -0.2) is 31.8 Å². The summed E-state index contributed by atoms with van der Waals surface area (Å²) in [6.07, 6.45) is 4.20. The smallest absolute Gasteiger partial charge is 0.152 e. The monoisotopic (exact) mass is 246 g/mol. The van der Waals surface area contributed by atoms with Gasteiger partial charge in [-0.15, -0.1) is 0 Å². The van der Waals surface area contributed by atoms with E-state index in [1.165, 1.54) is 12.8 Å². The van der Waals surface area contributed by atoms with Gasteiger partial charge in [-0.1, -0.05) is 0 Å². The van der Waals surface area contributed by atoms with Gasteiger partial charge in [-0.3, -0.25) is 0 Å². The standard InChI is InChI=1S/C13H18N4O/c1-17(6-7-18-9-10-2-3-10)13-12(15)11(8-14)4-5-16-13/h4-5,10H,2-3,6-7,9,15H2,1H3. The molecular weight excluding hydrogens is 228 g/mol. The fourth-order valence-electron chi connectivity index (χ4n) is 1.71. The Morgan fingerprint density at radius 1 is 1.61 bits per heavy atom. The number of rotatable bonds is 6. The first-order valence-electron chi connectivity index (χ1n) is 6.16. The number of nitrogens with two attached hydrogens (primary N) is 1. The molecule has 2 rings (SSSR count). The normalized spacial score (nSPS) is 14.2. The second kappa shape index (κ2) is 5.69. The average Bonchev–Trinajstić information content (AvgIpc) is 3.18. The summed E-state index contributed by atoms with van der Waals surface area (Å²) in [5.74, 6) is 1.42. The molecular formula is C13H18N4O. The Morgan fingerprint density at radius 2 is 2.39 bits per heavy atom. The minimum atomic E-state index is 0.435. The van der Waals surface area contributed by atoms with Gasteiger partial charge in [0.2, 0.25) is 0 Å². The van der Waals surface area contributed by atoms with E-state index < -0.39 is 0 Å². The molecule has 1 saturated carbocycles. The lowest BCUT2D eigenvalue weighted by Crippen LogP contribution is -2.25. The first-order valence-corrected chi connectivity index (χ1v) is 6.16. The molecule has 0 aliphatic heterocycles.